The minimum Gasteiger partial charge on any atom is -0.396 e. The van der Waals surface area contributed by atoms with Gasteiger partial charge in [-0.25, -0.2) is 0 Å². The third-order valence-electron chi connectivity index (χ3n) is 4.87. The molecule has 2 fully saturated rings. The number of hydrogen-bond acceptors (Lipinski definition) is 3. The first-order valence-electron chi connectivity index (χ1n) is 7.09. The molecule has 1 unspecified atom stereocenters. The number of piperidine rings is 1. The molecular formula is C14H25NO3. The molecule has 0 spiro atoms. The molecule has 4 heteroatoms. The molecular weight excluding hydrogens is 230 g/mol. The van der Waals surface area contributed by atoms with Gasteiger partial charge in [0.05, 0.1) is 0 Å². The summed E-state index contributed by atoms with van der Waals surface area (Å²) in [6.45, 7) is 6.48. The second-order valence-corrected chi connectivity index (χ2v) is 5.99. The van der Waals surface area contributed by atoms with Gasteiger partial charge in [-0.05, 0) is 44.4 Å². The van der Waals surface area contributed by atoms with E-state index in [1.54, 1.807) is 0 Å². The van der Waals surface area contributed by atoms with E-state index in [2.05, 4.69) is 6.92 Å². The van der Waals surface area contributed by atoms with E-state index in [-0.39, 0.29) is 17.9 Å². The molecule has 1 atom stereocenters. The highest BCUT2D eigenvalue weighted by Gasteiger charge is 2.43. The second kappa shape index (κ2) is 5.17. The number of ether oxygens (including phenoxy) is 1. The van der Waals surface area contributed by atoms with Crippen LogP contribution in [0, 0.1) is 5.41 Å². The average molecular weight is 255 g/mol. The van der Waals surface area contributed by atoms with E-state index in [1.165, 1.54) is 0 Å². The maximum absolute atomic E-state index is 12.4. The summed E-state index contributed by atoms with van der Waals surface area (Å²) in [6, 6.07) is 0. The standard InChI is InChI=1S/C14H25NO3/c1-3-14(11-16)6-8-15(9-7-14)12(17)13(2)5-4-10-18-13/h16H,3-11H2,1-2H3. The zero-order chi connectivity index (χ0) is 13.2. The first-order valence-corrected chi connectivity index (χ1v) is 7.09. The Labute approximate surface area is 109 Å². The lowest BCUT2D eigenvalue weighted by molar-refractivity contribution is -0.153. The number of rotatable bonds is 3. The van der Waals surface area contributed by atoms with Crippen LogP contribution in [0.1, 0.15) is 46.0 Å². The van der Waals surface area contributed by atoms with Crippen molar-refractivity contribution in [2.75, 3.05) is 26.3 Å². The van der Waals surface area contributed by atoms with Crippen molar-refractivity contribution in [3.63, 3.8) is 0 Å². The van der Waals surface area contributed by atoms with E-state index in [1.807, 2.05) is 11.8 Å². The van der Waals surface area contributed by atoms with Crippen LogP contribution in [0.4, 0.5) is 0 Å². The molecule has 18 heavy (non-hydrogen) atoms. The third-order valence-corrected chi connectivity index (χ3v) is 4.87. The van der Waals surface area contributed by atoms with Crippen molar-refractivity contribution in [2.24, 2.45) is 5.41 Å². The number of aliphatic hydroxyl groups excluding tert-OH is 1. The van der Waals surface area contributed by atoms with Crippen molar-refractivity contribution < 1.29 is 14.6 Å². The normalized spacial score (nSPS) is 31.6. The number of nitrogens with zero attached hydrogens (tertiary/aromatic N) is 1. The first kappa shape index (κ1) is 13.8. The number of amides is 1. The van der Waals surface area contributed by atoms with E-state index in [0.717, 1.165) is 45.2 Å². The van der Waals surface area contributed by atoms with Gasteiger partial charge in [-0.2, -0.15) is 0 Å². The van der Waals surface area contributed by atoms with Crippen LogP contribution in [0.15, 0.2) is 0 Å². The molecule has 1 amide bonds. The Hall–Kier alpha value is -0.610. The minimum atomic E-state index is -0.592. The first-order chi connectivity index (χ1) is 8.55. The van der Waals surface area contributed by atoms with Gasteiger partial charge < -0.3 is 14.7 Å². The maximum atomic E-state index is 12.4. The van der Waals surface area contributed by atoms with Crippen molar-refractivity contribution in [3.05, 3.63) is 0 Å². The summed E-state index contributed by atoms with van der Waals surface area (Å²) in [5.74, 6) is 0.141. The van der Waals surface area contributed by atoms with Gasteiger partial charge >= 0.3 is 0 Å². The molecule has 2 aliphatic rings. The molecule has 4 nitrogen and oxygen atoms in total. The fourth-order valence-corrected chi connectivity index (χ4v) is 3.09. The van der Waals surface area contributed by atoms with Gasteiger partial charge in [0.2, 0.25) is 0 Å². The molecule has 0 aromatic rings. The Morgan fingerprint density at radius 1 is 1.33 bits per heavy atom. The summed E-state index contributed by atoms with van der Waals surface area (Å²) >= 11 is 0. The summed E-state index contributed by atoms with van der Waals surface area (Å²) in [6.07, 6.45) is 4.61. The quantitative estimate of drug-likeness (QED) is 0.832. The fourth-order valence-electron chi connectivity index (χ4n) is 3.09. The van der Waals surface area contributed by atoms with Gasteiger partial charge in [-0.3, -0.25) is 4.79 Å². The number of carbonyl (C=O) groups excluding carboxylic acids is 1. The molecule has 2 rings (SSSR count). The molecule has 0 saturated carbocycles. The summed E-state index contributed by atoms with van der Waals surface area (Å²) < 4.78 is 5.62. The van der Waals surface area contributed by atoms with Crippen molar-refractivity contribution in [2.45, 2.75) is 51.6 Å². The molecule has 104 valence electrons. The Kier molecular flexibility index (Phi) is 3.97. The summed E-state index contributed by atoms with van der Waals surface area (Å²) in [7, 11) is 0. The lowest BCUT2D eigenvalue weighted by Gasteiger charge is -2.42. The van der Waals surface area contributed by atoms with Gasteiger partial charge in [0.15, 0.2) is 0 Å². The molecule has 0 aromatic heterocycles. The van der Waals surface area contributed by atoms with Crippen LogP contribution in [-0.2, 0) is 9.53 Å². The molecule has 0 aromatic carbocycles. The van der Waals surface area contributed by atoms with Crippen molar-refractivity contribution in [1.82, 2.24) is 4.90 Å². The number of carbonyl (C=O) groups is 1. The third kappa shape index (κ3) is 2.41. The van der Waals surface area contributed by atoms with Crippen LogP contribution in [0.5, 0.6) is 0 Å². The molecule has 0 bridgehead atoms. The van der Waals surface area contributed by atoms with Gasteiger partial charge in [-0.1, -0.05) is 6.92 Å². The van der Waals surface area contributed by atoms with Gasteiger partial charge in [0.25, 0.3) is 5.91 Å². The molecule has 2 heterocycles. The highest BCUT2D eigenvalue weighted by molar-refractivity contribution is 5.85. The van der Waals surface area contributed by atoms with Crippen LogP contribution in [0.25, 0.3) is 0 Å². The van der Waals surface area contributed by atoms with Crippen LogP contribution in [0.3, 0.4) is 0 Å². The Bertz CT molecular complexity index is 296. The van der Waals surface area contributed by atoms with Crippen LogP contribution in [0.2, 0.25) is 0 Å². The highest BCUT2D eigenvalue weighted by atomic mass is 16.5. The smallest absolute Gasteiger partial charge is 0.254 e. The molecule has 1 N–H and O–H groups in total. The zero-order valence-electron chi connectivity index (χ0n) is 11.6. The second-order valence-electron chi connectivity index (χ2n) is 5.99. The molecule has 2 aliphatic heterocycles. The lowest BCUT2D eigenvalue weighted by Crippen LogP contribution is -2.52. The lowest BCUT2D eigenvalue weighted by atomic mass is 9.76. The number of likely N-dealkylation sites (tertiary alicyclic amines) is 1. The topological polar surface area (TPSA) is 49.8 Å². The summed E-state index contributed by atoms with van der Waals surface area (Å²) in [5.41, 5.74) is -0.556. The summed E-state index contributed by atoms with van der Waals surface area (Å²) in [4.78, 5) is 14.4. The zero-order valence-corrected chi connectivity index (χ0v) is 11.6. The minimum absolute atomic E-state index is 0.0359. The Morgan fingerprint density at radius 2 is 2.00 bits per heavy atom. The van der Waals surface area contributed by atoms with Crippen LogP contribution >= 0.6 is 0 Å². The van der Waals surface area contributed by atoms with Crippen LogP contribution in [-0.4, -0.2) is 47.8 Å². The fraction of sp³-hybridized carbons (Fsp3) is 0.929. The Morgan fingerprint density at radius 3 is 2.44 bits per heavy atom. The Balaban J connectivity index is 1.95. The van der Waals surface area contributed by atoms with E-state index in [0.29, 0.717) is 6.61 Å². The van der Waals surface area contributed by atoms with E-state index < -0.39 is 5.60 Å². The van der Waals surface area contributed by atoms with E-state index in [4.69, 9.17) is 4.74 Å². The SMILES string of the molecule is CCC1(CO)CCN(C(=O)C2(C)CCCO2)CC1. The van der Waals surface area contributed by atoms with Gasteiger partial charge in [0, 0.05) is 26.3 Å². The summed E-state index contributed by atoms with van der Waals surface area (Å²) in [5, 5.41) is 9.50. The number of aliphatic hydroxyl groups is 1. The molecule has 0 radical (unpaired) electrons. The predicted octanol–water partition coefficient (Wildman–Crippen LogP) is 1.57. The van der Waals surface area contributed by atoms with Crippen molar-refractivity contribution >= 4 is 5.91 Å². The van der Waals surface area contributed by atoms with Crippen molar-refractivity contribution in [1.29, 1.82) is 0 Å². The maximum Gasteiger partial charge on any atom is 0.254 e. The van der Waals surface area contributed by atoms with Gasteiger partial charge in [-0.15, -0.1) is 0 Å². The largest absolute Gasteiger partial charge is 0.396 e. The highest BCUT2D eigenvalue weighted by Crippen LogP contribution is 2.36. The van der Waals surface area contributed by atoms with Crippen LogP contribution < -0.4 is 0 Å². The monoisotopic (exact) mass is 255 g/mol. The number of hydrogen-bond donors (Lipinski definition) is 1. The molecule has 2 saturated heterocycles. The van der Waals surface area contributed by atoms with Crippen molar-refractivity contribution in [3.8, 4) is 0 Å². The van der Waals surface area contributed by atoms with E-state index in [9.17, 15) is 9.90 Å². The van der Waals surface area contributed by atoms with E-state index >= 15 is 0 Å². The van der Waals surface area contributed by atoms with Gasteiger partial charge in [0.1, 0.15) is 5.60 Å². The average Bonchev–Trinajstić information content (AvgIpc) is 2.86. The molecule has 0 aliphatic carbocycles. The predicted molar refractivity (Wildman–Crippen MR) is 69.2 cm³/mol.